The first-order valence-electron chi connectivity index (χ1n) is 16.6. The molecule has 48 heavy (non-hydrogen) atoms. The number of anilines is 1. The number of carbonyl (C=O) groups is 2. The Balaban J connectivity index is 1.59. The summed E-state index contributed by atoms with van der Waals surface area (Å²) >= 11 is 6.28. The van der Waals surface area contributed by atoms with Gasteiger partial charge in [-0.15, -0.1) is 0 Å². The van der Waals surface area contributed by atoms with Crippen LogP contribution < -0.4 is 9.62 Å². The molecule has 2 amide bonds. The summed E-state index contributed by atoms with van der Waals surface area (Å²) < 4.78 is 29.9. The van der Waals surface area contributed by atoms with Crippen molar-refractivity contribution in [2.75, 3.05) is 10.8 Å². The standard InChI is InChI=1S/C39H44ClN3O4S/c1-28-18-21-35(22-19-28)48(46,47)43(36-23-20-33(40)24-30(36)3)27-38(44)42(26-32-15-11-10-12-29(32)2)37(25-31-13-6-4-7-14-31)39(45)41-34-16-8-5-9-17-34/h4,6-7,10-15,18-24,34,37H,5,8-9,16-17,25-27H2,1-3H3,(H,41,45)/t37-/m0/s1. The highest BCUT2D eigenvalue weighted by Crippen LogP contribution is 2.30. The maximum absolute atomic E-state index is 14.8. The molecule has 0 heterocycles. The van der Waals surface area contributed by atoms with E-state index >= 15 is 0 Å². The Morgan fingerprint density at radius 3 is 2.17 bits per heavy atom. The summed E-state index contributed by atoms with van der Waals surface area (Å²) in [4.78, 5) is 30.7. The van der Waals surface area contributed by atoms with E-state index < -0.39 is 28.5 Å². The number of amides is 2. The molecule has 5 rings (SSSR count). The lowest BCUT2D eigenvalue weighted by Crippen LogP contribution is -2.55. The minimum atomic E-state index is -4.20. The summed E-state index contributed by atoms with van der Waals surface area (Å²) in [6.45, 7) is 5.25. The van der Waals surface area contributed by atoms with Gasteiger partial charge in [0.25, 0.3) is 10.0 Å². The van der Waals surface area contributed by atoms with E-state index in [-0.39, 0.29) is 29.8 Å². The number of hydrogen-bond acceptors (Lipinski definition) is 4. The van der Waals surface area contributed by atoms with E-state index in [1.54, 1.807) is 54.3 Å². The van der Waals surface area contributed by atoms with Gasteiger partial charge in [0.2, 0.25) is 11.8 Å². The molecule has 1 saturated carbocycles. The Morgan fingerprint density at radius 2 is 1.50 bits per heavy atom. The molecule has 4 aromatic carbocycles. The molecule has 9 heteroatoms. The van der Waals surface area contributed by atoms with Gasteiger partial charge < -0.3 is 10.2 Å². The Labute approximate surface area is 290 Å². The molecule has 1 aliphatic rings. The Kier molecular flexibility index (Phi) is 11.6. The minimum Gasteiger partial charge on any atom is -0.352 e. The van der Waals surface area contributed by atoms with E-state index in [2.05, 4.69) is 5.32 Å². The summed E-state index contributed by atoms with van der Waals surface area (Å²) in [5.74, 6) is -0.716. The van der Waals surface area contributed by atoms with Gasteiger partial charge >= 0.3 is 0 Å². The van der Waals surface area contributed by atoms with E-state index in [0.717, 1.165) is 58.7 Å². The molecule has 1 atom stereocenters. The van der Waals surface area contributed by atoms with Gasteiger partial charge in [0, 0.05) is 24.0 Å². The predicted molar refractivity (Wildman–Crippen MR) is 193 cm³/mol. The molecule has 4 aromatic rings. The number of aryl methyl sites for hydroxylation is 3. The highest BCUT2D eigenvalue weighted by molar-refractivity contribution is 7.92. The summed E-state index contributed by atoms with van der Waals surface area (Å²) in [6, 6.07) is 28.0. The maximum Gasteiger partial charge on any atom is 0.264 e. The zero-order chi connectivity index (χ0) is 34.3. The van der Waals surface area contributed by atoms with Crippen molar-refractivity contribution in [1.82, 2.24) is 10.2 Å². The minimum absolute atomic E-state index is 0.0371. The van der Waals surface area contributed by atoms with E-state index in [1.165, 1.54) is 0 Å². The monoisotopic (exact) mass is 685 g/mol. The zero-order valence-electron chi connectivity index (χ0n) is 27.9. The van der Waals surface area contributed by atoms with Gasteiger partial charge in [-0.2, -0.15) is 0 Å². The van der Waals surface area contributed by atoms with Crippen LogP contribution in [0, 0.1) is 20.8 Å². The number of carbonyl (C=O) groups excluding carboxylic acids is 2. The van der Waals surface area contributed by atoms with Crippen LogP contribution in [0.3, 0.4) is 0 Å². The molecule has 1 fully saturated rings. The second kappa shape index (κ2) is 15.8. The van der Waals surface area contributed by atoms with E-state index in [1.807, 2.05) is 68.4 Å². The number of nitrogens with one attached hydrogen (secondary N) is 1. The van der Waals surface area contributed by atoms with E-state index in [9.17, 15) is 18.0 Å². The van der Waals surface area contributed by atoms with Gasteiger partial charge in [-0.1, -0.05) is 103 Å². The topological polar surface area (TPSA) is 86.8 Å². The van der Waals surface area contributed by atoms with Crippen molar-refractivity contribution >= 4 is 39.1 Å². The fourth-order valence-corrected chi connectivity index (χ4v) is 8.02. The highest BCUT2D eigenvalue weighted by atomic mass is 35.5. The quantitative estimate of drug-likeness (QED) is 0.167. The van der Waals surface area contributed by atoms with Crippen LogP contribution in [0.25, 0.3) is 0 Å². The van der Waals surface area contributed by atoms with Crippen LogP contribution in [-0.2, 0) is 32.6 Å². The average molecular weight is 686 g/mol. The predicted octanol–water partition coefficient (Wildman–Crippen LogP) is 7.55. The lowest BCUT2D eigenvalue weighted by atomic mass is 9.94. The summed E-state index contributed by atoms with van der Waals surface area (Å²) in [5, 5.41) is 3.71. The van der Waals surface area contributed by atoms with Crippen LogP contribution in [0.5, 0.6) is 0 Å². The Bertz CT molecular complexity index is 1820. The highest BCUT2D eigenvalue weighted by Gasteiger charge is 2.36. The summed E-state index contributed by atoms with van der Waals surface area (Å²) in [5.41, 5.74) is 4.62. The van der Waals surface area contributed by atoms with E-state index in [4.69, 9.17) is 11.6 Å². The van der Waals surface area contributed by atoms with Crippen molar-refractivity contribution in [3.8, 4) is 0 Å². The number of rotatable bonds is 12. The molecule has 1 aliphatic carbocycles. The smallest absolute Gasteiger partial charge is 0.264 e. The molecule has 0 unspecified atom stereocenters. The van der Waals surface area contributed by atoms with Crippen molar-refractivity contribution in [3.05, 3.63) is 130 Å². The van der Waals surface area contributed by atoms with Crippen LogP contribution in [0.4, 0.5) is 5.69 Å². The second-order valence-corrected chi connectivity index (χ2v) is 15.1. The van der Waals surface area contributed by atoms with Crippen LogP contribution in [-0.4, -0.2) is 43.8 Å². The largest absolute Gasteiger partial charge is 0.352 e. The fraction of sp³-hybridized carbons (Fsp3) is 0.333. The molecule has 7 nitrogen and oxygen atoms in total. The molecule has 0 radical (unpaired) electrons. The van der Waals surface area contributed by atoms with Crippen LogP contribution in [0.15, 0.2) is 102 Å². The van der Waals surface area contributed by atoms with Gasteiger partial charge in [-0.05, 0) is 86.2 Å². The van der Waals surface area contributed by atoms with Gasteiger partial charge in [0.1, 0.15) is 12.6 Å². The van der Waals surface area contributed by atoms with Crippen molar-refractivity contribution in [2.45, 2.75) is 82.8 Å². The third kappa shape index (κ3) is 8.65. The third-order valence-electron chi connectivity index (χ3n) is 9.14. The van der Waals surface area contributed by atoms with Gasteiger partial charge in [0.15, 0.2) is 0 Å². The number of halogens is 1. The normalized spacial score (nSPS) is 14.2. The SMILES string of the molecule is Cc1ccc(S(=O)(=O)N(CC(=O)N(Cc2ccccc2C)[C@@H](Cc2ccccc2)C(=O)NC2CCCCC2)c2ccc(Cl)cc2C)cc1. The Morgan fingerprint density at radius 1 is 0.833 bits per heavy atom. The van der Waals surface area contributed by atoms with Crippen LogP contribution in [0.2, 0.25) is 5.02 Å². The Hall–Kier alpha value is -4.14. The lowest BCUT2D eigenvalue weighted by molar-refractivity contribution is -0.140. The molecule has 0 aliphatic heterocycles. The molecule has 252 valence electrons. The first kappa shape index (κ1) is 35.2. The first-order valence-corrected chi connectivity index (χ1v) is 18.4. The maximum atomic E-state index is 14.8. The molecule has 0 aromatic heterocycles. The molecule has 0 saturated heterocycles. The number of hydrogen-bond donors (Lipinski definition) is 1. The molecule has 0 bridgehead atoms. The van der Waals surface area contributed by atoms with Gasteiger partial charge in [0.05, 0.1) is 10.6 Å². The third-order valence-corrected chi connectivity index (χ3v) is 11.1. The summed E-state index contributed by atoms with van der Waals surface area (Å²) in [7, 11) is -4.20. The number of sulfonamides is 1. The van der Waals surface area contributed by atoms with Gasteiger partial charge in [-0.3, -0.25) is 13.9 Å². The van der Waals surface area contributed by atoms with Crippen molar-refractivity contribution < 1.29 is 18.0 Å². The van der Waals surface area contributed by atoms with Crippen molar-refractivity contribution in [3.63, 3.8) is 0 Å². The molecule has 1 N–H and O–H groups in total. The van der Waals surface area contributed by atoms with Crippen LogP contribution in [0.1, 0.15) is 59.9 Å². The second-order valence-electron chi connectivity index (χ2n) is 12.8. The molecular formula is C39H44ClN3O4S. The molecule has 0 spiro atoms. The first-order chi connectivity index (χ1) is 23.0. The van der Waals surface area contributed by atoms with Gasteiger partial charge in [-0.25, -0.2) is 8.42 Å². The number of benzene rings is 4. The average Bonchev–Trinajstić information content (AvgIpc) is 3.07. The lowest BCUT2D eigenvalue weighted by Gasteiger charge is -2.35. The zero-order valence-corrected chi connectivity index (χ0v) is 29.4. The molecular weight excluding hydrogens is 642 g/mol. The fourth-order valence-electron chi connectivity index (χ4n) is 6.32. The van der Waals surface area contributed by atoms with Crippen molar-refractivity contribution in [2.24, 2.45) is 0 Å². The van der Waals surface area contributed by atoms with Crippen LogP contribution >= 0.6 is 11.6 Å². The summed E-state index contributed by atoms with van der Waals surface area (Å²) in [6.07, 6.45) is 5.32. The number of nitrogens with zero attached hydrogens (tertiary/aromatic N) is 2. The van der Waals surface area contributed by atoms with E-state index in [0.29, 0.717) is 16.3 Å². The van der Waals surface area contributed by atoms with Crippen molar-refractivity contribution in [1.29, 1.82) is 0 Å².